The summed E-state index contributed by atoms with van der Waals surface area (Å²) in [5.41, 5.74) is 3.35. The van der Waals surface area contributed by atoms with E-state index in [0.29, 0.717) is 28.0 Å². The van der Waals surface area contributed by atoms with E-state index in [0.717, 1.165) is 0 Å². The van der Waals surface area contributed by atoms with Crippen LogP contribution >= 0.6 is 15.9 Å². The second kappa shape index (κ2) is 7.61. The van der Waals surface area contributed by atoms with Gasteiger partial charge in [0.2, 0.25) is 0 Å². The Morgan fingerprint density at radius 2 is 2.09 bits per heavy atom. The Labute approximate surface area is 136 Å². The van der Waals surface area contributed by atoms with Crippen LogP contribution in [-0.4, -0.2) is 23.8 Å². The Morgan fingerprint density at radius 1 is 1.32 bits per heavy atom. The normalized spacial score (nSPS) is 10.6. The zero-order chi connectivity index (χ0) is 15.9. The molecule has 0 aliphatic heterocycles. The van der Waals surface area contributed by atoms with Crippen molar-refractivity contribution < 1.29 is 14.6 Å². The zero-order valence-corrected chi connectivity index (χ0v) is 13.5. The van der Waals surface area contributed by atoms with Crippen LogP contribution in [0.15, 0.2) is 52.0 Å². The number of ether oxygens (including phenoxy) is 1. The van der Waals surface area contributed by atoms with E-state index >= 15 is 0 Å². The summed E-state index contributed by atoms with van der Waals surface area (Å²) in [6.45, 7) is 2.28. The summed E-state index contributed by atoms with van der Waals surface area (Å²) in [5.74, 6) is 0.0241. The first kappa shape index (κ1) is 16.0. The fraction of sp³-hybridized carbons (Fsp3) is 0.125. The van der Waals surface area contributed by atoms with Gasteiger partial charge in [0, 0.05) is 10.0 Å². The summed E-state index contributed by atoms with van der Waals surface area (Å²) in [4.78, 5) is 12.0. The molecule has 0 bridgehead atoms. The highest BCUT2D eigenvalue weighted by Gasteiger charge is 2.08. The summed E-state index contributed by atoms with van der Waals surface area (Å²) >= 11 is 3.30. The third kappa shape index (κ3) is 3.85. The van der Waals surface area contributed by atoms with Crippen LogP contribution in [0, 0.1) is 0 Å². The van der Waals surface area contributed by atoms with Gasteiger partial charge in [-0.1, -0.05) is 18.2 Å². The number of nitrogens with one attached hydrogen (secondary N) is 1. The lowest BCUT2D eigenvalue weighted by Crippen LogP contribution is -2.18. The molecular weight excluding hydrogens is 348 g/mol. The van der Waals surface area contributed by atoms with E-state index < -0.39 is 0 Å². The summed E-state index contributed by atoms with van der Waals surface area (Å²) in [7, 11) is 0. The molecule has 2 N–H and O–H groups in total. The van der Waals surface area contributed by atoms with Crippen LogP contribution in [0.3, 0.4) is 0 Å². The van der Waals surface area contributed by atoms with Crippen molar-refractivity contribution >= 4 is 28.1 Å². The minimum atomic E-state index is -0.343. The van der Waals surface area contributed by atoms with E-state index in [9.17, 15) is 9.90 Å². The van der Waals surface area contributed by atoms with Crippen LogP contribution in [0.2, 0.25) is 0 Å². The van der Waals surface area contributed by atoms with Gasteiger partial charge in [-0.2, -0.15) is 5.10 Å². The number of halogens is 1. The maximum Gasteiger partial charge on any atom is 0.272 e. The molecule has 2 rings (SSSR count). The van der Waals surface area contributed by atoms with Gasteiger partial charge in [-0.05, 0) is 47.1 Å². The van der Waals surface area contributed by atoms with Crippen molar-refractivity contribution in [2.45, 2.75) is 6.92 Å². The molecule has 0 fully saturated rings. The molecule has 0 heterocycles. The zero-order valence-electron chi connectivity index (χ0n) is 11.9. The molecule has 2 aromatic carbocycles. The number of hydrogen-bond acceptors (Lipinski definition) is 4. The third-order valence-corrected chi connectivity index (χ3v) is 3.51. The van der Waals surface area contributed by atoms with E-state index in [4.69, 9.17) is 4.74 Å². The number of nitrogens with zero attached hydrogens (tertiary/aromatic N) is 1. The standard InChI is InChI=1S/C16H15BrN2O3/c1-2-22-14-9-5-6-11(15(14)20)10-18-19-16(21)12-7-3-4-8-13(12)17/h3-10,20H,2H2,1H3,(H,19,21)/b18-10+. The summed E-state index contributed by atoms with van der Waals surface area (Å²) in [6.07, 6.45) is 1.37. The number of hydrazone groups is 1. The first-order chi connectivity index (χ1) is 10.6. The molecule has 0 atom stereocenters. The van der Waals surface area contributed by atoms with E-state index in [2.05, 4.69) is 26.5 Å². The molecule has 0 aliphatic carbocycles. The van der Waals surface area contributed by atoms with Crippen LogP contribution in [0.25, 0.3) is 0 Å². The minimum absolute atomic E-state index is 0.0109. The lowest BCUT2D eigenvalue weighted by molar-refractivity contribution is 0.0954. The molecule has 0 saturated heterocycles. The Kier molecular flexibility index (Phi) is 5.55. The third-order valence-electron chi connectivity index (χ3n) is 2.82. The van der Waals surface area contributed by atoms with Crippen molar-refractivity contribution in [2.75, 3.05) is 6.61 Å². The quantitative estimate of drug-likeness (QED) is 0.633. The molecule has 0 saturated carbocycles. The molecule has 1 amide bonds. The molecule has 6 heteroatoms. The second-order valence-corrected chi connectivity index (χ2v) is 5.16. The van der Waals surface area contributed by atoms with Crippen LogP contribution in [0.4, 0.5) is 0 Å². The Hall–Kier alpha value is -2.34. The van der Waals surface area contributed by atoms with Gasteiger partial charge in [0.15, 0.2) is 11.5 Å². The number of hydrogen-bond donors (Lipinski definition) is 2. The molecule has 22 heavy (non-hydrogen) atoms. The largest absolute Gasteiger partial charge is 0.504 e. The SMILES string of the molecule is CCOc1cccc(/C=N/NC(=O)c2ccccc2Br)c1O. The molecule has 0 aliphatic rings. The highest BCUT2D eigenvalue weighted by Crippen LogP contribution is 2.28. The number of phenolic OH excluding ortho intramolecular Hbond substituents is 1. The van der Waals surface area contributed by atoms with Crippen molar-refractivity contribution in [1.29, 1.82) is 0 Å². The number of aromatic hydroxyl groups is 1. The van der Waals surface area contributed by atoms with Gasteiger partial charge >= 0.3 is 0 Å². The highest BCUT2D eigenvalue weighted by atomic mass is 79.9. The molecule has 0 radical (unpaired) electrons. The molecule has 0 unspecified atom stereocenters. The number of amides is 1. The predicted molar refractivity (Wildman–Crippen MR) is 88.5 cm³/mol. The van der Waals surface area contributed by atoms with Crippen molar-refractivity contribution in [1.82, 2.24) is 5.43 Å². The molecule has 114 valence electrons. The minimum Gasteiger partial charge on any atom is -0.504 e. The van der Waals surface area contributed by atoms with Crippen molar-refractivity contribution in [3.63, 3.8) is 0 Å². The van der Waals surface area contributed by atoms with Crippen LogP contribution in [0.5, 0.6) is 11.5 Å². The van der Waals surface area contributed by atoms with E-state index in [1.54, 1.807) is 36.4 Å². The van der Waals surface area contributed by atoms with Gasteiger partial charge in [-0.3, -0.25) is 4.79 Å². The first-order valence-electron chi connectivity index (χ1n) is 6.66. The summed E-state index contributed by atoms with van der Waals surface area (Å²) in [6, 6.07) is 12.1. The molecule has 0 spiro atoms. The number of phenols is 1. The Morgan fingerprint density at radius 3 is 2.82 bits per heavy atom. The maximum atomic E-state index is 12.0. The fourth-order valence-electron chi connectivity index (χ4n) is 1.78. The smallest absolute Gasteiger partial charge is 0.272 e. The molecule has 5 nitrogen and oxygen atoms in total. The Balaban J connectivity index is 2.09. The van der Waals surface area contributed by atoms with E-state index in [-0.39, 0.29) is 11.7 Å². The van der Waals surface area contributed by atoms with Crippen molar-refractivity contribution in [3.05, 3.63) is 58.1 Å². The summed E-state index contributed by atoms with van der Waals surface area (Å²) in [5, 5.41) is 13.9. The van der Waals surface area contributed by atoms with Crippen LogP contribution in [-0.2, 0) is 0 Å². The molecule has 0 aromatic heterocycles. The van der Waals surface area contributed by atoms with Gasteiger partial charge in [0.25, 0.3) is 5.91 Å². The monoisotopic (exact) mass is 362 g/mol. The average molecular weight is 363 g/mol. The first-order valence-corrected chi connectivity index (χ1v) is 7.45. The second-order valence-electron chi connectivity index (χ2n) is 4.31. The highest BCUT2D eigenvalue weighted by molar-refractivity contribution is 9.10. The van der Waals surface area contributed by atoms with Crippen molar-refractivity contribution in [2.24, 2.45) is 5.10 Å². The van der Waals surface area contributed by atoms with Crippen molar-refractivity contribution in [3.8, 4) is 11.5 Å². The number of para-hydroxylation sites is 1. The van der Waals surface area contributed by atoms with Crippen LogP contribution in [0.1, 0.15) is 22.8 Å². The van der Waals surface area contributed by atoms with Gasteiger partial charge in [-0.25, -0.2) is 5.43 Å². The molecular formula is C16H15BrN2O3. The lowest BCUT2D eigenvalue weighted by atomic mass is 10.2. The predicted octanol–water partition coefficient (Wildman–Crippen LogP) is 3.32. The number of carbonyl (C=O) groups is 1. The van der Waals surface area contributed by atoms with Crippen LogP contribution < -0.4 is 10.2 Å². The maximum absolute atomic E-state index is 12.0. The summed E-state index contributed by atoms with van der Waals surface area (Å²) < 4.78 is 5.97. The van der Waals surface area contributed by atoms with Gasteiger partial charge < -0.3 is 9.84 Å². The van der Waals surface area contributed by atoms with E-state index in [1.807, 2.05) is 13.0 Å². The topological polar surface area (TPSA) is 70.9 Å². The fourth-order valence-corrected chi connectivity index (χ4v) is 2.25. The number of carbonyl (C=O) groups excluding carboxylic acids is 1. The number of benzene rings is 2. The molecule has 2 aromatic rings. The average Bonchev–Trinajstić information content (AvgIpc) is 2.51. The lowest BCUT2D eigenvalue weighted by Gasteiger charge is -2.07. The van der Waals surface area contributed by atoms with Gasteiger partial charge in [0.05, 0.1) is 18.4 Å². The van der Waals surface area contributed by atoms with Gasteiger partial charge in [0.1, 0.15) is 0 Å². The van der Waals surface area contributed by atoms with E-state index in [1.165, 1.54) is 6.21 Å². The Bertz CT molecular complexity index is 702. The number of rotatable bonds is 5. The van der Waals surface area contributed by atoms with Gasteiger partial charge in [-0.15, -0.1) is 0 Å².